The van der Waals surface area contributed by atoms with Gasteiger partial charge in [-0.1, -0.05) is 0 Å². The van der Waals surface area contributed by atoms with Crippen molar-refractivity contribution in [2.75, 3.05) is 13.1 Å². The Labute approximate surface area is 175 Å². The Morgan fingerprint density at radius 3 is 2.53 bits per heavy atom. The molecule has 9 nitrogen and oxygen atoms in total. The summed E-state index contributed by atoms with van der Waals surface area (Å²) in [5, 5.41) is 24.3. The van der Waals surface area contributed by atoms with Gasteiger partial charge in [0.15, 0.2) is 0 Å². The lowest BCUT2D eigenvalue weighted by molar-refractivity contribution is -0.140. The van der Waals surface area contributed by atoms with Crippen molar-refractivity contribution in [1.82, 2.24) is 20.0 Å². The Balaban J connectivity index is 0.00000101. The maximum absolute atomic E-state index is 13.2. The van der Waals surface area contributed by atoms with Crippen molar-refractivity contribution in [3.63, 3.8) is 0 Å². The predicted molar refractivity (Wildman–Crippen MR) is 106 cm³/mol. The molecule has 1 aromatic heterocycles. The maximum atomic E-state index is 13.2. The third-order valence-electron chi connectivity index (χ3n) is 5.78. The van der Waals surface area contributed by atoms with Gasteiger partial charge in [-0.15, -0.1) is 0 Å². The number of hydrogen-bond donors (Lipinski definition) is 3. The summed E-state index contributed by atoms with van der Waals surface area (Å²) in [6.07, 6.45) is 3.45. The predicted octanol–water partition coefficient (Wildman–Crippen LogP) is 0.660. The van der Waals surface area contributed by atoms with Gasteiger partial charge in [-0.25, -0.2) is 4.39 Å². The van der Waals surface area contributed by atoms with Crippen molar-refractivity contribution in [3.8, 4) is 0 Å². The minimum atomic E-state index is -0.808. The molecular formula is C20H31FN4O5. The van der Waals surface area contributed by atoms with E-state index in [1.54, 1.807) is 15.8 Å². The number of amides is 2. The molecule has 0 radical (unpaired) electrons. The topological polar surface area (TPSA) is 125 Å². The number of aliphatic hydroxyl groups is 1. The van der Waals surface area contributed by atoms with Crippen molar-refractivity contribution in [1.29, 1.82) is 0 Å². The van der Waals surface area contributed by atoms with Gasteiger partial charge in [-0.3, -0.25) is 19.1 Å². The second-order valence-corrected chi connectivity index (χ2v) is 7.80. The van der Waals surface area contributed by atoms with Crippen LogP contribution in [0.15, 0.2) is 12.3 Å². The van der Waals surface area contributed by atoms with E-state index in [2.05, 4.69) is 10.4 Å². The minimum absolute atomic E-state index is 0.0157. The van der Waals surface area contributed by atoms with Gasteiger partial charge in [0, 0.05) is 44.4 Å². The van der Waals surface area contributed by atoms with E-state index in [1.807, 2.05) is 13.1 Å². The van der Waals surface area contributed by atoms with Crippen LogP contribution in [0.5, 0.6) is 0 Å². The Morgan fingerprint density at radius 1 is 1.30 bits per heavy atom. The SMILES string of the molecule is Cn1nccc1CCC(=O)N[C@H]1CC[C@H](C(=O)N2CCC(F)CC2)C[C@@H]1O.O=CO. The second kappa shape index (κ2) is 11.6. The van der Waals surface area contributed by atoms with Crippen molar-refractivity contribution in [2.24, 2.45) is 13.0 Å². The molecule has 0 unspecified atom stereocenters. The number of alkyl halides is 1. The summed E-state index contributed by atoms with van der Waals surface area (Å²) >= 11 is 0. The molecule has 168 valence electrons. The van der Waals surface area contributed by atoms with Crippen LogP contribution in [-0.2, 0) is 27.9 Å². The Hall–Kier alpha value is -2.49. The second-order valence-electron chi connectivity index (χ2n) is 7.80. The number of nitrogens with one attached hydrogen (secondary N) is 1. The van der Waals surface area contributed by atoms with Crippen LogP contribution in [0.3, 0.4) is 0 Å². The zero-order valence-corrected chi connectivity index (χ0v) is 17.2. The summed E-state index contributed by atoms with van der Waals surface area (Å²) < 4.78 is 15.0. The van der Waals surface area contributed by atoms with Crippen LogP contribution < -0.4 is 5.32 Å². The van der Waals surface area contributed by atoms with Crippen molar-refractivity contribution >= 4 is 18.3 Å². The van der Waals surface area contributed by atoms with Crippen LogP contribution in [0.25, 0.3) is 0 Å². The summed E-state index contributed by atoms with van der Waals surface area (Å²) in [7, 11) is 1.84. The number of likely N-dealkylation sites (tertiary alicyclic amines) is 1. The van der Waals surface area contributed by atoms with Crippen molar-refractivity contribution < 1.29 is 29.0 Å². The lowest BCUT2D eigenvalue weighted by Crippen LogP contribution is -2.50. The van der Waals surface area contributed by atoms with E-state index in [1.165, 1.54) is 0 Å². The number of carbonyl (C=O) groups is 3. The summed E-state index contributed by atoms with van der Waals surface area (Å²) in [4.78, 5) is 34.9. The zero-order valence-electron chi connectivity index (χ0n) is 17.2. The Bertz CT molecular complexity index is 705. The third kappa shape index (κ3) is 6.79. The summed E-state index contributed by atoms with van der Waals surface area (Å²) in [6.45, 7) is 0.668. The van der Waals surface area contributed by atoms with E-state index in [9.17, 15) is 19.1 Å². The minimum Gasteiger partial charge on any atom is -0.483 e. The van der Waals surface area contributed by atoms with E-state index in [0.29, 0.717) is 58.0 Å². The highest BCUT2D eigenvalue weighted by Crippen LogP contribution is 2.28. The van der Waals surface area contributed by atoms with Crippen LogP contribution in [-0.4, -0.2) is 74.6 Å². The van der Waals surface area contributed by atoms with E-state index < -0.39 is 12.3 Å². The summed E-state index contributed by atoms with van der Waals surface area (Å²) in [5.74, 6) is -0.323. The lowest BCUT2D eigenvalue weighted by atomic mass is 9.82. The van der Waals surface area contributed by atoms with Crippen LogP contribution in [0.1, 0.15) is 44.2 Å². The van der Waals surface area contributed by atoms with Crippen molar-refractivity contribution in [2.45, 2.75) is 63.3 Å². The smallest absolute Gasteiger partial charge is 0.290 e. The first-order valence-corrected chi connectivity index (χ1v) is 10.3. The number of aryl methyl sites for hydroxylation is 2. The summed E-state index contributed by atoms with van der Waals surface area (Å²) in [6, 6.07) is 1.56. The van der Waals surface area contributed by atoms with Gasteiger partial charge < -0.3 is 20.4 Å². The zero-order chi connectivity index (χ0) is 22.1. The highest BCUT2D eigenvalue weighted by Gasteiger charge is 2.36. The molecule has 3 atom stereocenters. The van der Waals surface area contributed by atoms with Gasteiger partial charge >= 0.3 is 0 Å². The standard InChI is InChI=1S/C19H29FN4O3.CH2O2/c1-23-15(6-9-21-23)3-5-18(26)22-16-4-2-13(12-17(16)25)19(27)24-10-7-14(20)8-11-24;2-1-3/h6,9,13-14,16-17,25H,2-5,7-8,10-12H2,1H3,(H,22,26);1H,(H,2,3)/t13-,16-,17-;/m0./s1. The first kappa shape index (κ1) is 23.8. The summed E-state index contributed by atoms with van der Waals surface area (Å²) in [5.41, 5.74) is 0.983. The van der Waals surface area contributed by atoms with Crippen LogP contribution in [0.2, 0.25) is 0 Å². The molecule has 30 heavy (non-hydrogen) atoms. The van der Waals surface area contributed by atoms with Gasteiger partial charge in [-0.05, 0) is 44.6 Å². The molecule has 1 saturated heterocycles. The van der Waals surface area contributed by atoms with Gasteiger partial charge in [0.25, 0.3) is 6.47 Å². The quantitative estimate of drug-likeness (QED) is 0.594. The number of piperidine rings is 1. The Kier molecular flexibility index (Phi) is 9.22. The van der Waals surface area contributed by atoms with Gasteiger partial charge in [0.1, 0.15) is 6.17 Å². The molecule has 10 heteroatoms. The maximum Gasteiger partial charge on any atom is 0.290 e. The number of nitrogens with zero attached hydrogens (tertiary/aromatic N) is 3. The average Bonchev–Trinajstić information content (AvgIpc) is 3.13. The molecule has 1 saturated carbocycles. The molecular weight excluding hydrogens is 395 g/mol. The number of rotatable bonds is 5. The monoisotopic (exact) mass is 426 g/mol. The number of hydrogen-bond acceptors (Lipinski definition) is 5. The van der Waals surface area contributed by atoms with Crippen LogP contribution in [0, 0.1) is 5.92 Å². The van der Waals surface area contributed by atoms with E-state index in [4.69, 9.17) is 9.90 Å². The highest BCUT2D eigenvalue weighted by molar-refractivity contribution is 5.79. The lowest BCUT2D eigenvalue weighted by Gasteiger charge is -2.37. The third-order valence-corrected chi connectivity index (χ3v) is 5.78. The number of carbonyl (C=O) groups excluding carboxylic acids is 2. The number of aliphatic hydroxyl groups excluding tert-OH is 1. The first-order chi connectivity index (χ1) is 14.3. The van der Waals surface area contributed by atoms with Gasteiger partial charge in [0.2, 0.25) is 11.8 Å². The fourth-order valence-electron chi connectivity index (χ4n) is 4.03. The fraction of sp³-hybridized carbons (Fsp3) is 0.700. The molecule has 0 bridgehead atoms. The molecule has 1 aromatic rings. The average molecular weight is 426 g/mol. The fourth-order valence-corrected chi connectivity index (χ4v) is 4.03. The first-order valence-electron chi connectivity index (χ1n) is 10.3. The molecule has 2 aliphatic rings. The number of halogens is 1. The van der Waals surface area contributed by atoms with Gasteiger partial charge in [-0.2, -0.15) is 5.10 Å². The molecule has 0 aromatic carbocycles. The molecule has 1 aliphatic heterocycles. The molecule has 0 spiro atoms. The van der Waals surface area contributed by atoms with E-state index in [0.717, 1.165) is 5.69 Å². The van der Waals surface area contributed by atoms with Crippen LogP contribution in [0.4, 0.5) is 4.39 Å². The molecule has 2 heterocycles. The van der Waals surface area contributed by atoms with E-state index >= 15 is 0 Å². The molecule has 3 rings (SSSR count). The molecule has 2 amide bonds. The normalized spacial score (nSPS) is 24.5. The largest absolute Gasteiger partial charge is 0.483 e. The molecule has 3 N–H and O–H groups in total. The highest BCUT2D eigenvalue weighted by atomic mass is 19.1. The van der Waals surface area contributed by atoms with Gasteiger partial charge in [0.05, 0.1) is 12.1 Å². The Morgan fingerprint density at radius 2 is 1.97 bits per heavy atom. The molecule has 1 aliphatic carbocycles. The van der Waals surface area contributed by atoms with E-state index in [-0.39, 0.29) is 30.2 Å². The molecule has 2 fully saturated rings. The number of carboxylic acid groups (broad SMARTS) is 1. The number of aromatic nitrogens is 2. The van der Waals surface area contributed by atoms with Crippen LogP contribution >= 0.6 is 0 Å². The van der Waals surface area contributed by atoms with Crippen molar-refractivity contribution in [3.05, 3.63) is 18.0 Å².